The molecule has 5 heteroatoms. The van der Waals surface area contributed by atoms with Crippen LogP contribution in [0.25, 0.3) is 0 Å². The van der Waals surface area contributed by atoms with Gasteiger partial charge in [-0.2, -0.15) is 0 Å². The molecule has 0 radical (unpaired) electrons. The molecule has 1 saturated heterocycles. The van der Waals surface area contributed by atoms with Crippen molar-refractivity contribution in [3.63, 3.8) is 0 Å². The number of carbonyl (C=O) groups is 1. The van der Waals surface area contributed by atoms with Gasteiger partial charge in [-0.25, -0.2) is 0 Å². The van der Waals surface area contributed by atoms with E-state index in [1.807, 2.05) is 0 Å². The molecule has 2 rings (SSSR count). The lowest BCUT2D eigenvalue weighted by atomic mass is 10.3. The summed E-state index contributed by atoms with van der Waals surface area (Å²) in [4.78, 5) is 15.9. The molecule has 2 atom stereocenters. The van der Waals surface area contributed by atoms with Gasteiger partial charge in [0.2, 0.25) is 0 Å². The van der Waals surface area contributed by atoms with Crippen LogP contribution in [0.15, 0.2) is 18.3 Å². The minimum atomic E-state index is -0.825. The first kappa shape index (κ1) is 9.23. The molecule has 1 aliphatic heterocycles. The number of nitrogens with one attached hydrogen (secondary N) is 1. The van der Waals surface area contributed by atoms with Crippen LogP contribution in [-0.4, -0.2) is 51.3 Å². The Morgan fingerprint density at radius 3 is 2.57 bits per heavy atom. The lowest BCUT2D eigenvalue weighted by molar-refractivity contribution is 0.0572. The summed E-state index contributed by atoms with van der Waals surface area (Å²) in [6, 6.07) is 3.40. The number of hydrogen-bond acceptors (Lipinski definition) is 3. The number of H-pyrrole nitrogens is 1. The summed E-state index contributed by atoms with van der Waals surface area (Å²) in [6.45, 7) is 0.387. The average Bonchev–Trinajstić information content (AvgIpc) is 2.76. The highest BCUT2D eigenvalue weighted by Gasteiger charge is 2.33. The molecule has 0 aliphatic carbocycles. The molecule has 0 bridgehead atoms. The molecule has 0 aromatic carbocycles. The lowest BCUT2D eigenvalue weighted by Crippen LogP contribution is -2.29. The van der Waals surface area contributed by atoms with Gasteiger partial charge in [0.15, 0.2) is 0 Å². The molecule has 14 heavy (non-hydrogen) atoms. The fourth-order valence-corrected chi connectivity index (χ4v) is 1.57. The quantitative estimate of drug-likeness (QED) is 0.550. The van der Waals surface area contributed by atoms with E-state index in [0.717, 1.165) is 0 Å². The van der Waals surface area contributed by atoms with E-state index >= 15 is 0 Å². The number of nitrogens with zero attached hydrogens (tertiary/aromatic N) is 1. The molecular formula is C9H12N2O3. The molecule has 0 unspecified atom stereocenters. The molecule has 3 N–H and O–H groups in total. The number of aromatic nitrogens is 1. The molecule has 1 amide bonds. The molecule has 76 valence electrons. The maximum absolute atomic E-state index is 11.7. The molecule has 1 aliphatic rings. The van der Waals surface area contributed by atoms with Crippen LogP contribution in [0.5, 0.6) is 0 Å². The second kappa shape index (κ2) is 3.43. The predicted molar refractivity (Wildman–Crippen MR) is 48.7 cm³/mol. The van der Waals surface area contributed by atoms with Crippen LogP contribution >= 0.6 is 0 Å². The summed E-state index contributed by atoms with van der Waals surface area (Å²) >= 11 is 0. The zero-order valence-corrected chi connectivity index (χ0v) is 7.55. The van der Waals surface area contributed by atoms with Crippen molar-refractivity contribution < 1.29 is 15.0 Å². The number of likely N-dealkylation sites (tertiary alicyclic amines) is 1. The third-order valence-electron chi connectivity index (χ3n) is 2.37. The van der Waals surface area contributed by atoms with Gasteiger partial charge in [-0.15, -0.1) is 0 Å². The van der Waals surface area contributed by atoms with E-state index in [-0.39, 0.29) is 19.0 Å². The van der Waals surface area contributed by atoms with Crippen molar-refractivity contribution >= 4 is 5.91 Å². The number of carbonyl (C=O) groups excluding carboxylic acids is 1. The van der Waals surface area contributed by atoms with E-state index < -0.39 is 12.2 Å². The molecule has 2 heterocycles. The topological polar surface area (TPSA) is 76.6 Å². The van der Waals surface area contributed by atoms with Crippen LogP contribution in [0, 0.1) is 0 Å². The minimum absolute atomic E-state index is 0.189. The van der Waals surface area contributed by atoms with Gasteiger partial charge in [-0.3, -0.25) is 4.79 Å². The summed E-state index contributed by atoms with van der Waals surface area (Å²) in [6.07, 6.45) is 0.0127. The highest BCUT2D eigenvalue weighted by molar-refractivity contribution is 5.92. The van der Waals surface area contributed by atoms with Gasteiger partial charge in [0, 0.05) is 19.3 Å². The van der Waals surface area contributed by atoms with E-state index in [2.05, 4.69) is 4.98 Å². The fraction of sp³-hybridized carbons (Fsp3) is 0.444. The monoisotopic (exact) mass is 196 g/mol. The Balaban J connectivity index is 2.07. The Bertz CT molecular complexity index is 313. The molecular weight excluding hydrogens is 184 g/mol. The Hall–Kier alpha value is -1.33. The van der Waals surface area contributed by atoms with Gasteiger partial charge in [0.25, 0.3) is 5.91 Å². The Morgan fingerprint density at radius 2 is 2.07 bits per heavy atom. The largest absolute Gasteiger partial charge is 0.388 e. The fourth-order valence-electron chi connectivity index (χ4n) is 1.57. The lowest BCUT2D eigenvalue weighted by Gasteiger charge is -2.13. The van der Waals surface area contributed by atoms with Crippen molar-refractivity contribution in [3.05, 3.63) is 24.0 Å². The van der Waals surface area contributed by atoms with E-state index in [0.29, 0.717) is 5.69 Å². The van der Waals surface area contributed by atoms with Gasteiger partial charge in [0.05, 0.1) is 12.2 Å². The number of β-amino-alcohol motifs (C(OH)–C–C–N with tert-alkyl or cyclic N) is 2. The van der Waals surface area contributed by atoms with Crippen LogP contribution in [0.2, 0.25) is 0 Å². The van der Waals surface area contributed by atoms with Gasteiger partial charge >= 0.3 is 0 Å². The summed E-state index contributed by atoms with van der Waals surface area (Å²) in [5.74, 6) is -0.189. The zero-order valence-electron chi connectivity index (χ0n) is 7.55. The summed E-state index contributed by atoms with van der Waals surface area (Å²) < 4.78 is 0. The minimum Gasteiger partial charge on any atom is -0.388 e. The standard InChI is InChI=1S/C9H12N2O3/c12-7-4-11(5-8(7)13)9(14)6-2-1-3-10-6/h1-3,7-8,10,12-13H,4-5H2/t7-,8+. The van der Waals surface area contributed by atoms with Crippen molar-refractivity contribution in [2.75, 3.05) is 13.1 Å². The van der Waals surface area contributed by atoms with E-state index in [1.165, 1.54) is 4.90 Å². The van der Waals surface area contributed by atoms with Gasteiger partial charge in [0.1, 0.15) is 5.69 Å². The summed E-state index contributed by atoms with van der Waals surface area (Å²) in [5.41, 5.74) is 0.478. The number of aliphatic hydroxyl groups excluding tert-OH is 2. The first-order valence-corrected chi connectivity index (χ1v) is 4.47. The summed E-state index contributed by atoms with van der Waals surface area (Å²) in [7, 11) is 0. The predicted octanol–water partition coefficient (Wildman–Crippen LogP) is -0.808. The molecule has 1 aromatic rings. The van der Waals surface area contributed by atoms with Crippen molar-refractivity contribution in [1.29, 1.82) is 0 Å². The number of hydrogen-bond donors (Lipinski definition) is 3. The molecule has 0 spiro atoms. The van der Waals surface area contributed by atoms with Crippen LogP contribution in [0.4, 0.5) is 0 Å². The maximum Gasteiger partial charge on any atom is 0.270 e. The molecule has 5 nitrogen and oxygen atoms in total. The first-order valence-electron chi connectivity index (χ1n) is 4.47. The summed E-state index contributed by atoms with van der Waals surface area (Å²) in [5, 5.41) is 18.5. The van der Waals surface area contributed by atoms with Gasteiger partial charge < -0.3 is 20.1 Å². The van der Waals surface area contributed by atoms with Crippen LogP contribution < -0.4 is 0 Å². The van der Waals surface area contributed by atoms with Crippen molar-refractivity contribution in [3.8, 4) is 0 Å². The van der Waals surface area contributed by atoms with E-state index in [9.17, 15) is 15.0 Å². The Morgan fingerprint density at radius 1 is 1.43 bits per heavy atom. The maximum atomic E-state index is 11.7. The number of aliphatic hydroxyl groups is 2. The van der Waals surface area contributed by atoms with E-state index in [4.69, 9.17) is 0 Å². The smallest absolute Gasteiger partial charge is 0.270 e. The van der Waals surface area contributed by atoms with E-state index in [1.54, 1.807) is 18.3 Å². The molecule has 1 fully saturated rings. The molecule has 1 aromatic heterocycles. The highest BCUT2D eigenvalue weighted by Crippen LogP contribution is 2.12. The Labute approximate surface area is 81.0 Å². The zero-order chi connectivity index (χ0) is 10.1. The normalized spacial score (nSPS) is 26.9. The van der Waals surface area contributed by atoms with Crippen molar-refractivity contribution in [2.45, 2.75) is 12.2 Å². The SMILES string of the molecule is O=C(c1ccc[nH]1)N1C[C@@H](O)[C@@H](O)C1. The second-order valence-electron chi connectivity index (χ2n) is 3.43. The first-order chi connectivity index (χ1) is 6.68. The van der Waals surface area contributed by atoms with Crippen LogP contribution in [0.3, 0.4) is 0 Å². The molecule has 0 saturated carbocycles. The highest BCUT2D eigenvalue weighted by atomic mass is 16.3. The van der Waals surface area contributed by atoms with Crippen molar-refractivity contribution in [1.82, 2.24) is 9.88 Å². The van der Waals surface area contributed by atoms with Gasteiger partial charge in [-0.1, -0.05) is 0 Å². The van der Waals surface area contributed by atoms with Gasteiger partial charge in [-0.05, 0) is 12.1 Å². The average molecular weight is 196 g/mol. The van der Waals surface area contributed by atoms with Crippen LogP contribution in [-0.2, 0) is 0 Å². The number of aromatic amines is 1. The van der Waals surface area contributed by atoms with Crippen LogP contribution in [0.1, 0.15) is 10.5 Å². The number of amides is 1. The second-order valence-corrected chi connectivity index (χ2v) is 3.43. The number of rotatable bonds is 1. The third-order valence-corrected chi connectivity index (χ3v) is 2.37. The third kappa shape index (κ3) is 1.51. The Kier molecular flexibility index (Phi) is 2.26. The van der Waals surface area contributed by atoms with Crippen molar-refractivity contribution in [2.24, 2.45) is 0 Å².